The fourth-order valence-electron chi connectivity index (χ4n) is 2.67. The second-order valence-electron chi connectivity index (χ2n) is 5.55. The molecule has 2 rings (SSSR count). The van der Waals surface area contributed by atoms with Gasteiger partial charge < -0.3 is 0 Å². The summed E-state index contributed by atoms with van der Waals surface area (Å²) in [5.74, 6) is -0.391. The Bertz CT molecular complexity index is 482. The molecule has 5 heteroatoms. The van der Waals surface area contributed by atoms with Crippen molar-refractivity contribution in [2.24, 2.45) is 5.92 Å². The third kappa shape index (κ3) is 5.17. The Morgan fingerprint density at radius 3 is 2.38 bits per heavy atom. The van der Waals surface area contributed by atoms with Crippen LogP contribution in [0.3, 0.4) is 0 Å². The third-order valence-electron chi connectivity index (χ3n) is 3.93. The van der Waals surface area contributed by atoms with Crippen LogP contribution in [-0.2, 0) is 4.79 Å². The van der Waals surface area contributed by atoms with Gasteiger partial charge in [-0.25, -0.2) is 4.39 Å². The maximum Gasteiger partial charge on any atom is 0.269 e. The predicted octanol–water partition coefficient (Wildman–Crippen LogP) is 2.95. The summed E-state index contributed by atoms with van der Waals surface area (Å²) in [5.41, 5.74) is 5.06. The highest BCUT2D eigenvalue weighted by Gasteiger charge is 2.15. The van der Waals surface area contributed by atoms with Gasteiger partial charge in [-0.1, -0.05) is 32.1 Å². The summed E-state index contributed by atoms with van der Waals surface area (Å²) in [7, 11) is 0. The zero-order valence-electron chi connectivity index (χ0n) is 12.0. The average molecular weight is 292 g/mol. The van der Waals surface area contributed by atoms with Crippen LogP contribution in [0.5, 0.6) is 0 Å². The maximum atomic E-state index is 12.7. The van der Waals surface area contributed by atoms with Gasteiger partial charge in [0, 0.05) is 12.0 Å². The number of amides is 2. The molecule has 1 saturated carbocycles. The second kappa shape index (κ2) is 7.76. The lowest BCUT2D eigenvalue weighted by Gasteiger charge is -2.21. The highest BCUT2D eigenvalue weighted by atomic mass is 19.1. The molecule has 2 N–H and O–H groups in total. The fourth-order valence-corrected chi connectivity index (χ4v) is 2.67. The minimum Gasteiger partial charge on any atom is -0.273 e. The molecular weight excluding hydrogens is 271 g/mol. The van der Waals surface area contributed by atoms with Gasteiger partial charge in [0.15, 0.2) is 0 Å². The van der Waals surface area contributed by atoms with Gasteiger partial charge in [0.1, 0.15) is 5.82 Å². The summed E-state index contributed by atoms with van der Waals surface area (Å²) in [5, 5.41) is 0. The van der Waals surface area contributed by atoms with Crippen LogP contribution in [0.25, 0.3) is 0 Å². The van der Waals surface area contributed by atoms with Gasteiger partial charge in [0.2, 0.25) is 5.91 Å². The summed E-state index contributed by atoms with van der Waals surface area (Å²) >= 11 is 0. The number of hydrazine groups is 1. The Balaban J connectivity index is 1.68. The van der Waals surface area contributed by atoms with E-state index in [1.54, 1.807) is 0 Å². The summed E-state index contributed by atoms with van der Waals surface area (Å²) in [6.07, 6.45) is 7.52. The molecule has 1 aliphatic carbocycles. The topological polar surface area (TPSA) is 58.2 Å². The zero-order valence-corrected chi connectivity index (χ0v) is 12.0. The first-order valence-electron chi connectivity index (χ1n) is 7.50. The molecule has 21 heavy (non-hydrogen) atoms. The first-order valence-corrected chi connectivity index (χ1v) is 7.50. The van der Waals surface area contributed by atoms with Crippen LogP contribution in [-0.4, -0.2) is 11.8 Å². The van der Waals surface area contributed by atoms with E-state index in [1.165, 1.54) is 56.4 Å². The number of benzene rings is 1. The van der Waals surface area contributed by atoms with Gasteiger partial charge in [-0.2, -0.15) is 0 Å². The van der Waals surface area contributed by atoms with Crippen LogP contribution >= 0.6 is 0 Å². The lowest BCUT2D eigenvalue weighted by Crippen LogP contribution is -2.41. The van der Waals surface area contributed by atoms with Gasteiger partial charge in [0.05, 0.1) is 0 Å². The standard InChI is InChI=1S/C16H21FN2O2/c17-14-9-7-13(8-10-14)16(21)19-18-15(20)11-6-12-4-2-1-3-5-12/h7-10,12H,1-6,11H2,(H,18,20)(H,19,21). The molecule has 0 spiro atoms. The second-order valence-corrected chi connectivity index (χ2v) is 5.55. The first-order chi connectivity index (χ1) is 10.1. The minimum atomic E-state index is -0.444. The van der Waals surface area contributed by atoms with Crippen molar-refractivity contribution in [2.45, 2.75) is 44.9 Å². The normalized spacial score (nSPS) is 15.5. The van der Waals surface area contributed by atoms with Crippen molar-refractivity contribution in [3.8, 4) is 0 Å². The van der Waals surface area contributed by atoms with Crippen molar-refractivity contribution < 1.29 is 14.0 Å². The number of carbonyl (C=O) groups is 2. The summed E-state index contributed by atoms with van der Waals surface area (Å²) in [6, 6.07) is 5.16. The minimum absolute atomic E-state index is 0.184. The summed E-state index contributed by atoms with van der Waals surface area (Å²) in [6.45, 7) is 0. The molecule has 0 radical (unpaired) electrons. The van der Waals surface area contributed by atoms with E-state index in [9.17, 15) is 14.0 Å². The van der Waals surface area contributed by atoms with Crippen molar-refractivity contribution in [2.75, 3.05) is 0 Å². The lowest BCUT2D eigenvalue weighted by molar-refractivity contribution is -0.122. The molecule has 1 aromatic carbocycles. The highest BCUT2D eigenvalue weighted by Crippen LogP contribution is 2.27. The first kappa shape index (κ1) is 15.5. The van der Waals surface area contributed by atoms with E-state index in [0.29, 0.717) is 17.9 Å². The molecular formula is C16H21FN2O2. The molecule has 4 nitrogen and oxygen atoms in total. The van der Waals surface area contributed by atoms with Crippen LogP contribution in [0.15, 0.2) is 24.3 Å². The number of hydrogen-bond acceptors (Lipinski definition) is 2. The van der Waals surface area contributed by atoms with Gasteiger partial charge in [0.25, 0.3) is 5.91 Å². The highest BCUT2D eigenvalue weighted by molar-refractivity contribution is 5.95. The smallest absolute Gasteiger partial charge is 0.269 e. The zero-order chi connectivity index (χ0) is 15.1. The van der Waals surface area contributed by atoms with Crippen LogP contribution in [0.4, 0.5) is 4.39 Å². The van der Waals surface area contributed by atoms with Crippen molar-refractivity contribution in [1.82, 2.24) is 10.9 Å². The number of carbonyl (C=O) groups excluding carboxylic acids is 2. The Kier molecular flexibility index (Phi) is 5.72. The summed E-state index contributed by atoms with van der Waals surface area (Å²) < 4.78 is 12.7. The largest absolute Gasteiger partial charge is 0.273 e. The van der Waals surface area contributed by atoms with Crippen LogP contribution in [0.2, 0.25) is 0 Å². The van der Waals surface area contributed by atoms with E-state index in [2.05, 4.69) is 10.9 Å². The summed E-state index contributed by atoms with van der Waals surface area (Å²) in [4.78, 5) is 23.4. The Morgan fingerprint density at radius 1 is 1.05 bits per heavy atom. The Labute approximate surface area is 124 Å². The molecule has 0 bridgehead atoms. The number of rotatable bonds is 4. The molecule has 0 heterocycles. The molecule has 2 amide bonds. The number of nitrogens with one attached hydrogen (secondary N) is 2. The van der Waals surface area contributed by atoms with E-state index in [-0.39, 0.29) is 5.91 Å². The molecule has 114 valence electrons. The van der Waals surface area contributed by atoms with Crippen LogP contribution in [0.1, 0.15) is 55.3 Å². The van der Waals surface area contributed by atoms with Crippen molar-refractivity contribution in [1.29, 1.82) is 0 Å². The Morgan fingerprint density at radius 2 is 1.71 bits per heavy atom. The maximum absolute atomic E-state index is 12.7. The molecule has 0 aromatic heterocycles. The fraction of sp³-hybridized carbons (Fsp3) is 0.500. The van der Waals surface area contributed by atoms with Crippen molar-refractivity contribution in [3.63, 3.8) is 0 Å². The molecule has 0 unspecified atom stereocenters. The molecule has 0 aliphatic heterocycles. The predicted molar refractivity (Wildman–Crippen MR) is 77.8 cm³/mol. The quantitative estimate of drug-likeness (QED) is 0.838. The van der Waals surface area contributed by atoms with Gasteiger partial charge >= 0.3 is 0 Å². The Hall–Kier alpha value is -1.91. The van der Waals surface area contributed by atoms with E-state index >= 15 is 0 Å². The van der Waals surface area contributed by atoms with Gasteiger partial charge in [-0.05, 0) is 36.6 Å². The molecule has 1 aromatic rings. The van der Waals surface area contributed by atoms with E-state index < -0.39 is 11.7 Å². The van der Waals surface area contributed by atoms with Crippen molar-refractivity contribution >= 4 is 11.8 Å². The van der Waals surface area contributed by atoms with Crippen LogP contribution in [0, 0.1) is 11.7 Å². The van der Waals surface area contributed by atoms with E-state index in [0.717, 1.165) is 6.42 Å². The van der Waals surface area contributed by atoms with E-state index in [1.807, 2.05) is 0 Å². The number of hydrogen-bond donors (Lipinski definition) is 2. The molecule has 0 saturated heterocycles. The average Bonchev–Trinajstić information content (AvgIpc) is 2.52. The van der Waals surface area contributed by atoms with Gasteiger partial charge in [-0.15, -0.1) is 0 Å². The lowest BCUT2D eigenvalue weighted by atomic mass is 9.86. The van der Waals surface area contributed by atoms with E-state index in [4.69, 9.17) is 0 Å². The third-order valence-corrected chi connectivity index (χ3v) is 3.93. The molecule has 1 fully saturated rings. The SMILES string of the molecule is O=C(CCC1CCCCC1)NNC(=O)c1ccc(F)cc1. The number of halogens is 1. The monoisotopic (exact) mass is 292 g/mol. The molecule has 1 aliphatic rings. The molecule has 0 atom stereocenters. The van der Waals surface area contributed by atoms with Crippen LogP contribution < -0.4 is 10.9 Å². The van der Waals surface area contributed by atoms with Gasteiger partial charge in [-0.3, -0.25) is 20.4 Å². The van der Waals surface area contributed by atoms with Crippen molar-refractivity contribution in [3.05, 3.63) is 35.6 Å².